The number of amides is 4. The first-order valence-corrected chi connectivity index (χ1v) is 10.3. The first-order chi connectivity index (χ1) is 14.0. The van der Waals surface area contributed by atoms with E-state index < -0.39 is 0 Å². The standard InChI is InChI=1S/C20H24ClN3O5/c21-9-13-29-20(28)23-11-7-14(8-12-23)22-17(25)6-3-10-24-18(26)15-4-1-2-5-16(15)19(24)27/h1-2,4-5,14H,3,6-13H2,(H,22,25). The topological polar surface area (TPSA) is 96.0 Å². The Labute approximate surface area is 174 Å². The number of piperidine rings is 1. The number of hydrogen-bond acceptors (Lipinski definition) is 5. The summed E-state index contributed by atoms with van der Waals surface area (Å²) in [6.07, 6.45) is 1.56. The average Bonchev–Trinajstić information content (AvgIpc) is 2.97. The Bertz CT molecular complexity index is 757. The fourth-order valence-electron chi connectivity index (χ4n) is 3.56. The monoisotopic (exact) mass is 421 g/mol. The molecule has 2 heterocycles. The van der Waals surface area contributed by atoms with E-state index in [0.29, 0.717) is 43.5 Å². The van der Waals surface area contributed by atoms with Crippen LogP contribution in [0.2, 0.25) is 0 Å². The van der Waals surface area contributed by atoms with Crippen molar-refractivity contribution in [3.63, 3.8) is 0 Å². The van der Waals surface area contributed by atoms with E-state index in [2.05, 4.69) is 5.32 Å². The molecule has 1 aromatic rings. The van der Waals surface area contributed by atoms with E-state index in [-0.39, 0.29) is 55.3 Å². The zero-order valence-electron chi connectivity index (χ0n) is 16.1. The predicted octanol–water partition coefficient (Wildman–Crippen LogP) is 2.02. The van der Waals surface area contributed by atoms with Gasteiger partial charge in [0.15, 0.2) is 0 Å². The van der Waals surface area contributed by atoms with E-state index in [1.54, 1.807) is 29.2 Å². The Morgan fingerprint density at radius 2 is 1.72 bits per heavy atom. The van der Waals surface area contributed by atoms with Gasteiger partial charge in [-0.2, -0.15) is 0 Å². The Morgan fingerprint density at radius 1 is 1.10 bits per heavy atom. The van der Waals surface area contributed by atoms with Crippen LogP contribution in [0, 0.1) is 0 Å². The van der Waals surface area contributed by atoms with E-state index >= 15 is 0 Å². The van der Waals surface area contributed by atoms with Crippen LogP contribution in [-0.2, 0) is 9.53 Å². The van der Waals surface area contributed by atoms with Gasteiger partial charge in [-0.25, -0.2) is 4.79 Å². The highest BCUT2D eigenvalue weighted by atomic mass is 35.5. The van der Waals surface area contributed by atoms with E-state index in [0.717, 1.165) is 0 Å². The number of hydrogen-bond donors (Lipinski definition) is 1. The lowest BCUT2D eigenvalue weighted by atomic mass is 10.1. The van der Waals surface area contributed by atoms with Crippen molar-refractivity contribution in [3.8, 4) is 0 Å². The number of imide groups is 1. The van der Waals surface area contributed by atoms with Crippen LogP contribution in [0.3, 0.4) is 0 Å². The molecule has 4 amide bonds. The van der Waals surface area contributed by atoms with Gasteiger partial charge in [0.2, 0.25) is 5.91 Å². The zero-order chi connectivity index (χ0) is 20.8. The number of carbonyl (C=O) groups excluding carboxylic acids is 4. The molecule has 1 N–H and O–H groups in total. The highest BCUT2D eigenvalue weighted by Crippen LogP contribution is 2.22. The second-order valence-electron chi connectivity index (χ2n) is 7.04. The fraction of sp³-hybridized carbons (Fsp3) is 0.500. The second kappa shape index (κ2) is 9.73. The molecule has 1 fully saturated rings. The summed E-state index contributed by atoms with van der Waals surface area (Å²) in [5.41, 5.74) is 0.830. The van der Waals surface area contributed by atoms with Crippen molar-refractivity contribution < 1.29 is 23.9 Å². The van der Waals surface area contributed by atoms with Gasteiger partial charge in [0.05, 0.1) is 17.0 Å². The van der Waals surface area contributed by atoms with Crippen LogP contribution < -0.4 is 5.32 Å². The van der Waals surface area contributed by atoms with Crippen LogP contribution in [0.15, 0.2) is 24.3 Å². The van der Waals surface area contributed by atoms with E-state index in [1.165, 1.54) is 4.90 Å². The maximum atomic E-state index is 12.3. The van der Waals surface area contributed by atoms with Crippen LogP contribution in [0.5, 0.6) is 0 Å². The van der Waals surface area contributed by atoms with Crippen LogP contribution in [0.1, 0.15) is 46.4 Å². The lowest BCUT2D eigenvalue weighted by Crippen LogP contribution is -2.46. The Balaban J connectivity index is 1.37. The minimum atomic E-state index is -0.378. The summed E-state index contributed by atoms with van der Waals surface area (Å²) in [5, 5.41) is 2.96. The van der Waals surface area contributed by atoms with Crippen molar-refractivity contribution >= 4 is 35.4 Å². The minimum Gasteiger partial charge on any atom is -0.448 e. The number of nitrogens with zero attached hydrogens (tertiary/aromatic N) is 2. The van der Waals surface area contributed by atoms with Crippen LogP contribution in [-0.4, -0.2) is 71.8 Å². The number of likely N-dealkylation sites (tertiary alicyclic amines) is 1. The van der Waals surface area contributed by atoms with E-state index in [9.17, 15) is 19.2 Å². The first-order valence-electron chi connectivity index (χ1n) is 9.73. The third-order valence-electron chi connectivity index (χ3n) is 5.08. The highest BCUT2D eigenvalue weighted by molar-refractivity contribution is 6.21. The van der Waals surface area contributed by atoms with Gasteiger partial charge in [0.25, 0.3) is 11.8 Å². The van der Waals surface area contributed by atoms with Gasteiger partial charge in [-0.15, -0.1) is 11.6 Å². The molecule has 0 unspecified atom stereocenters. The lowest BCUT2D eigenvalue weighted by Gasteiger charge is -2.31. The summed E-state index contributed by atoms with van der Waals surface area (Å²) in [6.45, 7) is 1.43. The average molecular weight is 422 g/mol. The number of fused-ring (bicyclic) bond motifs is 1. The molecule has 0 bridgehead atoms. The van der Waals surface area contributed by atoms with Crippen molar-refractivity contribution in [1.29, 1.82) is 0 Å². The van der Waals surface area contributed by atoms with Crippen LogP contribution in [0.4, 0.5) is 4.79 Å². The normalized spacial score (nSPS) is 16.7. The van der Waals surface area contributed by atoms with Crippen LogP contribution in [0.25, 0.3) is 0 Å². The maximum Gasteiger partial charge on any atom is 0.409 e. The molecule has 156 valence electrons. The summed E-state index contributed by atoms with van der Waals surface area (Å²) < 4.78 is 5.00. The highest BCUT2D eigenvalue weighted by Gasteiger charge is 2.34. The van der Waals surface area contributed by atoms with Gasteiger partial charge in [-0.1, -0.05) is 12.1 Å². The van der Waals surface area contributed by atoms with Crippen molar-refractivity contribution in [2.45, 2.75) is 31.7 Å². The number of rotatable bonds is 7. The van der Waals surface area contributed by atoms with Gasteiger partial charge < -0.3 is 15.0 Å². The molecular formula is C20H24ClN3O5. The number of carbonyl (C=O) groups is 4. The number of nitrogens with one attached hydrogen (secondary N) is 1. The molecule has 0 aromatic heterocycles. The smallest absolute Gasteiger partial charge is 0.409 e. The van der Waals surface area contributed by atoms with E-state index in [4.69, 9.17) is 16.3 Å². The molecule has 0 atom stereocenters. The van der Waals surface area contributed by atoms with Gasteiger partial charge in [0, 0.05) is 32.1 Å². The number of halogens is 1. The molecule has 0 saturated carbocycles. The SMILES string of the molecule is O=C(CCCN1C(=O)c2ccccc2C1=O)NC1CCN(C(=O)OCCCl)CC1. The summed E-state index contributed by atoms with van der Waals surface area (Å²) in [7, 11) is 0. The predicted molar refractivity (Wildman–Crippen MR) is 106 cm³/mol. The molecular weight excluding hydrogens is 398 g/mol. The third-order valence-corrected chi connectivity index (χ3v) is 5.24. The Kier molecular flexibility index (Phi) is 7.09. The third kappa shape index (κ3) is 5.06. The fourth-order valence-corrected chi connectivity index (χ4v) is 3.64. The quantitative estimate of drug-likeness (QED) is 0.536. The lowest BCUT2D eigenvalue weighted by molar-refractivity contribution is -0.122. The van der Waals surface area contributed by atoms with Crippen LogP contribution >= 0.6 is 11.6 Å². The molecule has 0 spiro atoms. The molecule has 0 radical (unpaired) electrons. The van der Waals surface area contributed by atoms with Gasteiger partial charge in [0.1, 0.15) is 6.61 Å². The molecule has 9 heteroatoms. The molecule has 0 aliphatic carbocycles. The summed E-state index contributed by atoms with van der Waals surface area (Å²) in [6, 6.07) is 6.73. The molecule has 29 heavy (non-hydrogen) atoms. The summed E-state index contributed by atoms with van der Waals surface area (Å²) in [4.78, 5) is 51.4. The molecule has 1 aromatic carbocycles. The summed E-state index contributed by atoms with van der Waals surface area (Å²) >= 11 is 5.50. The molecule has 2 aliphatic heterocycles. The molecule has 2 aliphatic rings. The van der Waals surface area contributed by atoms with Gasteiger partial charge in [-0.3, -0.25) is 19.3 Å². The van der Waals surface area contributed by atoms with E-state index in [1.807, 2.05) is 0 Å². The van der Waals surface area contributed by atoms with Crippen molar-refractivity contribution in [2.75, 3.05) is 32.1 Å². The maximum absolute atomic E-state index is 12.3. The number of ether oxygens (including phenoxy) is 1. The van der Waals surface area contributed by atoms with Crippen molar-refractivity contribution in [3.05, 3.63) is 35.4 Å². The van der Waals surface area contributed by atoms with Gasteiger partial charge in [-0.05, 0) is 31.4 Å². The first kappa shape index (κ1) is 21.1. The molecule has 3 rings (SSSR count). The minimum absolute atomic E-state index is 0.00103. The Morgan fingerprint density at radius 3 is 2.31 bits per heavy atom. The molecule has 8 nitrogen and oxygen atoms in total. The second-order valence-corrected chi connectivity index (χ2v) is 7.42. The number of alkyl halides is 1. The van der Waals surface area contributed by atoms with Crippen molar-refractivity contribution in [1.82, 2.24) is 15.1 Å². The largest absolute Gasteiger partial charge is 0.448 e. The van der Waals surface area contributed by atoms with Crippen molar-refractivity contribution in [2.24, 2.45) is 0 Å². The number of benzene rings is 1. The van der Waals surface area contributed by atoms with Gasteiger partial charge >= 0.3 is 6.09 Å². The Hall–Kier alpha value is -2.61. The zero-order valence-corrected chi connectivity index (χ0v) is 16.8. The molecule has 1 saturated heterocycles. The summed E-state index contributed by atoms with van der Waals surface area (Å²) in [5.74, 6) is -0.470.